The van der Waals surface area contributed by atoms with Crippen LogP contribution in [0.4, 0.5) is 11.5 Å². The fourth-order valence-electron chi connectivity index (χ4n) is 4.08. The maximum Gasteiger partial charge on any atom is 0.191 e. The molecule has 2 aliphatic heterocycles. The molecule has 32 heavy (non-hydrogen) atoms. The van der Waals surface area contributed by atoms with Gasteiger partial charge in [-0.05, 0) is 56.0 Å². The summed E-state index contributed by atoms with van der Waals surface area (Å²) in [4.78, 5) is 14.1. The molecule has 0 unspecified atom stereocenters. The number of nitrogens with zero attached hydrogens (tertiary/aromatic N) is 4. The van der Waals surface area contributed by atoms with E-state index in [-0.39, 0.29) is 24.0 Å². The van der Waals surface area contributed by atoms with Crippen LogP contribution < -0.4 is 20.4 Å². The second kappa shape index (κ2) is 12.1. The Morgan fingerprint density at radius 2 is 1.75 bits per heavy atom. The van der Waals surface area contributed by atoms with Gasteiger partial charge < -0.3 is 20.4 Å². The second-order valence-electron chi connectivity index (χ2n) is 8.34. The predicted octanol–water partition coefficient (Wildman–Crippen LogP) is 4.11. The van der Waals surface area contributed by atoms with E-state index in [4.69, 9.17) is 4.99 Å². The van der Waals surface area contributed by atoms with E-state index in [1.807, 2.05) is 6.20 Å². The van der Waals surface area contributed by atoms with Gasteiger partial charge in [-0.15, -0.1) is 24.0 Å². The van der Waals surface area contributed by atoms with Gasteiger partial charge in [-0.2, -0.15) is 0 Å². The van der Waals surface area contributed by atoms with Crippen molar-refractivity contribution in [3.05, 3.63) is 65.9 Å². The largest absolute Gasteiger partial charge is 0.364 e. The van der Waals surface area contributed by atoms with Gasteiger partial charge in [0.1, 0.15) is 5.82 Å². The third-order valence-corrected chi connectivity index (χ3v) is 5.94. The average Bonchev–Trinajstić information content (AvgIpc) is 3.34. The minimum absolute atomic E-state index is 0. The van der Waals surface area contributed by atoms with Crippen LogP contribution in [0.5, 0.6) is 0 Å². The van der Waals surface area contributed by atoms with Crippen LogP contribution in [0.1, 0.15) is 30.9 Å². The monoisotopic (exact) mass is 546 g/mol. The van der Waals surface area contributed by atoms with Crippen LogP contribution in [0.25, 0.3) is 0 Å². The second-order valence-corrected chi connectivity index (χ2v) is 8.34. The van der Waals surface area contributed by atoms with Crippen LogP contribution in [0.15, 0.2) is 59.7 Å². The molecule has 4 rings (SSSR count). The Morgan fingerprint density at radius 1 is 1.03 bits per heavy atom. The number of piperidine rings is 1. The summed E-state index contributed by atoms with van der Waals surface area (Å²) in [6, 6.07) is 13.5. The number of aryl methyl sites for hydroxylation is 1. The highest BCUT2D eigenvalue weighted by Gasteiger charge is 2.20. The fourth-order valence-corrected chi connectivity index (χ4v) is 4.08. The van der Waals surface area contributed by atoms with Crippen LogP contribution in [-0.4, -0.2) is 49.7 Å². The lowest BCUT2D eigenvalue weighted by Gasteiger charge is -2.33. The van der Waals surface area contributed by atoms with E-state index >= 15 is 0 Å². The Bertz CT molecular complexity index is 878. The van der Waals surface area contributed by atoms with Gasteiger partial charge in [-0.3, -0.25) is 0 Å². The lowest BCUT2D eigenvalue weighted by molar-refractivity contribution is 0.459. The van der Waals surface area contributed by atoms with Crippen molar-refractivity contribution in [2.45, 2.75) is 39.3 Å². The lowest BCUT2D eigenvalue weighted by Crippen LogP contribution is -2.48. The minimum atomic E-state index is 0. The van der Waals surface area contributed by atoms with Gasteiger partial charge >= 0.3 is 0 Å². The highest BCUT2D eigenvalue weighted by Crippen LogP contribution is 2.19. The molecule has 3 heterocycles. The number of anilines is 2. The number of nitrogens with one attached hydrogen (secondary N) is 2. The first kappa shape index (κ1) is 24.4. The third-order valence-electron chi connectivity index (χ3n) is 5.94. The highest BCUT2D eigenvalue weighted by atomic mass is 127. The van der Waals surface area contributed by atoms with Gasteiger partial charge in [0, 0.05) is 50.6 Å². The summed E-state index contributed by atoms with van der Waals surface area (Å²) in [6.45, 7) is 9.77. The molecule has 0 amide bonds. The number of hydrogen-bond donors (Lipinski definition) is 2. The van der Waals surface area contributed by atoms with Crippen molar-refractivity contribution in [3.8, 4) is 0 Å². The molecular weight excluding hydrogens is 511 g/mol. The summed E-state index contributed by atoms with van der Waals surface area (Å²) in [5, 5.41) is 7.04. The first-order valence-electron chi connectivity index (χ1n) is 11.4. The van der Waals surface area contributed by atoms with Gasteiger partial charge in [0.25, 0.3) is 0 Å². The van der Waals surface area contributed by atoms with Crippen molar-refractivity contribution < 1.29 is 0 Å². The molecule has 1 aromatic carbocycles. The standard InChI is InChI=1S/C25H34N6.HI/c1-3-26-25(28-19-21-7-9-23(10-8-21)30-14-4-5-15-30)29-22-12-16-31(17-13-22)24-11-6-20(2)18-27-24;/h4-11,18,22H,3,12-17,19H2,1-2H3,(H2,26,28,29);1H. The Balaban J connectivity index is 0.00000289. The zero-order valence-electron chi connectivity index (χ0n) is 19.1. The normalized spacial score (nSPS) is 16.8. The molecule has 6 nitrogen and oxygen atoms in total. The number of halogens is 1. The van der Waals surface area contributed by atoms with Gasteiger partial charge in [0.2, 0.25) is 0 Å². The van der Waals surface area contributed by atoms with E-state index < -0.39 is 0 Å². The Kier molecular flexibility index (Phi) is 9.20. The molecule has 2 N–H and O–H groups in total. The quantitative estimate of drug-likeness (QED) is 0.247. The molecule has 1 aromatic heterocycles. The van der Waals surface area contributed by atoms with Crippen LogP contribution in [-0.2, 0) is 6.54 Å². The molecule has 0 radical (unpaired) electrons. The van der Waals surface area contributed by atoms with Crippen molar-refractivity contribution in [1.82, 2.24) is 15.6 Å². The number of guanidine groups is 1. The molecular formula is C25H35IN6. The van der Waals surface area contributed by atoms with Gasteiger partial charge in [-0.25, -0.2) is 9.98 Å². The topological polar surface area (TPSA) is 55.8 Å². The summed E-state index contributed by atoms with van der Waals surface area (Å²) in [6.07, 6.45) is 8.55. The average molecular weight is 547 g/mol. The zero-order valence-corrected chi connectivity index (χ0v) is 21.5. The summed E-state index contributed by atoms with van der Waals surface area (Å²) in [7, 11) is 0. The first-order valence-corrected chi connectivity index (χ1v) is 11.4. The van der Waals surface area contributed by atoms with Crippen molar-refractivity contribution in [3.63, 3.8) is 0 Å². The predicted molar refractivity (Wildman–Crippen MR) is 145 cm³/mol. The van der Waals surface area contributed by atoms with Gasteiger partial charge in [0.15, 0.2) is 5.96 Å². The molecule has 2 aromatic rings. The number of aromatic nitrogens is 1. The molecule has 1 fully saturated rings. The zero-order chi connectivity index (χ0) is 21.5. The highest BCUT2D eigenvalue weighted by molar-refractivity contribution is 14.0. The van der Waals surface area contributed by atoms with Crippen molar-refractivity contribution in [2.75, 3.05) is 42.5 Å². The van der Waals surface area contributed by atoms with E-state index in [1.165, 1.54) is 16.8 Å². The number of pyridine rings is 1. The van der Waals surface area contributed by atoms with Gasteiger partial charge in [-0.1, -0.05) is 30.4 Å². The van der Waals surface area contributed by atoms with Crippen molar-refractivity contribution in [2.24, 2.45) is 4.99 Å². The number of hydrogen-bond acceptors (Lipinski definition) is 4. The van der Waals surface area contributed by atoms with Crippen molar-refractivity contribution in [1.29, 1.82) is 0 Å². The van der Waals surface area contributed by atoms with E-state index in [2.05, 4.69) is 87.8 Å². The molecule has 1 saturated heterocycles. The molecule has 0 spiro atoms. The molecule has 2 aliphatic rings. The van der Waals surface area contributed by atoms with Crippen LogP contribution in [0, 0.1) is 6.92 Å². The Morgan fingerprint density at radius 3 is 2.38 bits per heavy atom. The SMILES string of the molecule is CCNC(=NCc1ccc(N2CC=CC2)cc1)NC1CCN(c2ccc(C)cn2)CC1.I. The maximum atomic E-state index is 4.83. The molecule has 172 valence electrons. The fraction of sp³-hybridized carbons (Fsp3) is 0.440. The van der Waals surface area contributed by atoms with Crippen LogP contribution >= 0.6 is 24.0 Å². The minimum Gasteiger partial charge on any atom is -0.364 e. The molecule has 0 aliphatic carbocycles. The Labute approximate surface area is 209 Å². The summed E-state index contributed by atoms with van der Waals surface area (Å²) in [5.41, 5.74) is 3.71. The van der Waals surface area contributed by atoms with Gasteiger partial charge in [0.05, 0.1) is 6.54 Å². The molecule has 7 heteroatoms. The van der Waals surface area contributed by atoms with Crippen LogP contribution in [0.3, 0.4) is 0 Å². The first-order chi connectivity index (χ1) is 15.2. The van der Waals surface area contributed by atoms with E-state index in [0.29, 0.717) is 12.6 Å². The molecule has 0 bridgehead atoms. The summed E-state index contributed by atoms with van der Waals surface area (Å²) >= 11 is 0. The number of rotatable bonds is 6. The van der Waals surface area contributed by atoms with E-state index in [0.717, 1.165) is 57.3 Å². The summed E-state index contributed by atoms with van der Waals surface area (Å²) < 4.78 is 0. The maximum absolute atomic E-state index is 4.83. The lowest BCUT2D eigenvalue weighted by atomic mass is 10.1. The summed E-state index contributed by atoms with van der Waals surface area (Å²) in [5.74, 6) is 1.99. The molecule has 0 atom stereocenters. The van der Waals surface area contributed by atoms with E-state index in [1.54, 1.807) is 0 Å². The Hall–Kier alpha value is -2.29. The smallest absolute Gasteiger partial charge is 0.191 e. The number of benzene rings is 1. The van der Waals surface area contributed by atoms with Crippen molar-refractivity contribution >= 4 is 41.4 Å². The van der Waals surface area contributed by atoms with E-state index in [9.17, 15) is 0 Å². The van der Waals surface area contributed by atoms with Crippen LogP contribution in [0.2, 0.25) is 0 Å². The molecule has 0 saturated carbocycles. The third kappa shape index (κ3) is 6.60. The number of aliphatic imine (C=N–C) groups is 1.